The zero-order valence-electron chi connectivity index (χ0n) is 24.8. The minimum atomic E-state index is -0.229. The number of hydrogen-bond donors (Lipinski definition) is 0. The van der Waals surface area contributed by atoms with Crippen LogP contribution in [-0.2, 0) is 32.7 Å². The zero-order valence-corrected chi connectivity index (χ0v) is 27.2. The van der Waals surface area contributed by atoms with E-state index in [2.05, 4.69) is 200 Å². The molecule has 0 bridgehead atoms. The first-order valence-electron chi connectivity index (χ1n) is 15.0. The summed E-state index contributed by atoms with van der Waals surface area (Å²) in [7, 11) is -0.561. The molecule has 0 heterocycles. The molecule has 216 valence electrons. The van der Waals surface area contributed by atoms with E-state index < -0.39 is 0 Å². The Balaban J connectivity index is 1.26. The van der Waals surface area contributed by atoms with Crippen molar-refractivity contribution in [1.29, 1.82) is 0 Å². The molecule has 0 atom stereocenters. The molecular weight excluding hydrogens is 601 g/mol. The van der Waals surface area contributed by atoms with Crippen molar-refractivity contribution in [3.63, 3.8) is 0 Å². The summed E-state index contributed by atoms with van der Waals surface area (Å²) < 4.78 is 0. The quantitative estimate of drug-likeness (QED) is 0.139. The van der Waals surface area contributed by atoms with Crippen LogP contribution in [0.1, 0.15) is 0 Å². The lowest BCUT2D eigenvalue weighted by Crippen LogP contribution is -2.08. The van der Waals surface area contributed by atoms with Gasteiger partial charge < -0.3 is 0 Å². The Hall–Kier alpha value is -4.41. The van der Waals surface area contributed by atoms with Crippen LogP contribution in [0.4, 0.5) is 0 Å². The monoisotopic (exact) mass is 633 g/mol. The molecule has 0 fully saturated rings. The molecule has 0 amide bonds. The maximum Gasteiger partial charge on any atom is 0.166 e. The van der Waals surface area contributed by atoms with Crippen LogP contribution in [0.2, 0.25) is 0 Å². The van der Waals surface area contributed by atoms with Gasteiger partial charge in [-0.25, -0.2) is 0 Å². The fourth-order valence-corrected chi connectivity index (χ4v) is 11.7. The van der Waals surface area contributed by atoms with Crippen LogP contribution >= 0.6 is 0 Å². The molecule has 45 heavy (non-hydrogen) atoms. The molecule has 0 radical (unpaired) electrons. The summed E-state index contributed by atoms with van der Waals surface area (Å²) >= 11 is 0. The molecule has 0 unspecified atom stereocenters. The van der Waals surface area contributed by atoms with Gasteiger partial charge in [-0.3, -0.25) is 0 Å². The van der Waals surface area contributed by atoms with Gasteiger partial charge >= 0.3 is 0 Å². The van der Waals surface area contributed by atoms with Gasteiger partial charge in [0, 0.05) is 0 Å². The van der Waals surface area contributed by atoms with E-state index in [1.54, 1.807) is 0 Å². The third-order valence-electron chi connectivity index (χ3n) is 7.48. The Morgan fingerprint density at radius 1 is 0.156 bits per heavy atom. The van der Waals surface area contributed by atoms with Crippen LogP contribution in [0.25, 0.3) is 0 Å². The third kappa shape index (κ3) is 6.67. The minimum Gasteiger partial charge on any atom is -0.0619 e. The van der Waals surface area contributed by atoms with Crippen molar-refractivity contribution in [2.24, 2.45) is 0 Å². The Kier molecular flexibility index (Phi) is 9.20. The highest BCUT2D eigenvalue weighted by Crippen LogP contribution is 2.37. The van der Waals surface area contributed by atoms with Crippen LogP contribution in [0.3, 0.4) is 0 Å². The average molecular weight is 634 g/mol. The van der Waals surface area contributed by atoms with Gasteiger partial charge in [0.1, 0.15) is 0 Å². The number of benzene rings is 7. The maximum absolute atomic E-state index is 2.35. The standard InChI is InChI=1S/C42H33S3/c1-6-16-34(17-7-1)43(35-18-8-2-9-19-35)39-26-30-41(31-27-39)45(38-24-14-5-15-25-38)42-32-28-40(29-33-42)44(36-20-10-3-11-21-36)37-22-12-4-13-23-37/h1-33H/q+3. The zero-order chi connectivity index (χ0) is 30.3. The highest BCUT2D eigenvalue weighted by molar-refractivity contribution is 7.98. The van der Waals surface area contributed by atoms with Gasteiger partial charge in [0.05, 0.1) is 32.7 Å². The van der Waals surface area contributed by atoms with Gasteiger partial charge in [-0.15, -0.1) is 0 Å². The van der Waals surface area contributed by atoms with Crippen molar-refractivity contribution in [1.82, 2.24) is 0 Å². The molecule has 0 N–H and O–H groups in total. The van der Waals surface area contributed by atoms with Crippen LogP contribution < -0.4 is 0 Å². The predicted molar refractivity (Wildman–Crippen MR) is 192 cm³/mol. The normalized spacial score (nSPS) is 11.3. The second-order valence-electron chi connectivity index (χ2n) is 10.4. The molecule has 0 aliphatic heterocycles. The summed E-state index contributed by atoms with van der Waals surface area (Å²) in [5, 5.41) is 0. The van der Waals surface area contributed by atoms with Crippen LogP contribution in [0, 0.1) is 0 Å². The van der Waals surface area contributed by atoms with Crippen LogP contribution in [-0.4, -0.2) is 0 Å². The first-order chi connectivity index (χ1) is 22.3. The lowest BCUT2D eigenvalue weighted by atomic mass is 10.3. The Bertz CT molecular complexity index is 1700. The lowest BCUT2D eigenvalue weighted by Gasteiger charge is -2.11. The summed E-state index contributed by atoms with van der Waals surface area (Å²) in [5.41, 5.74) is 0. The molecule has 7 rings (SSSR count). The Labute approximate surface area is 275 Å². The smallest absolute Gasteiger partial charge is 0.0619 e. The molecule has 0 aliphatic carbocycles. The van der Waals surface area contributed by atoms with E-state index in [9.17, 15) is 0 Å². The molecule has 7 aromatic rings. The summed E-state index contributed by atoms with van der Waals surface area (Å²) in [5.74, 6) is 0. The van der Waals surface area contributed by atoms with Gasteiger partial charge in [-0.1, -0.05) is 91.0 Å². The SMILES string of the molecule is c1ccc([S+](c2ccccc2)c2ccc([S+](c3ccccc3)c3ccc([S+](c4ccccc4)c4ccccc4)cc3)cc2)cc1. The summed E-state index contributed by atoms with van der Waals surface area (Å²) in [6.07, 6.45) is 0. The molecule has 0 aliphatic rings. The fraction of sp³-hybridized carbons (Fsp3) is 0. The number of rotatable bonds is 9. The van der Waals surface area contributed by atoms with Crippen molar-refractivity contribution < 1.29 is 0 Å². The molecule has 3 heteroatoms. The molecule has 7 aromatic carbocycles. The molecule has 0 saturated heterocycles. The third-order valence-corrected chi connectivity index (χ3v) is 14.2. The van der Waals surface area contributed by atoms with Crippen molar-refractivity contribution >= 4 is 32.7 Å². The average Bonchev–Trinajstić information content (AvgIpc) is 3.12. The van der Waals surface area contributed by atoms with E-state index in [-0.39, 0.29) is 32.7 Å². The molecule has 0 spiro atoms. The highest BCUT2D eigenvalue weighted by Gasteiger charge is 2.34. The van der Waals surface area contributed by atoms with Crippen molar-refractivity contribution in [3.05, 3.63) is 200 Å². The summed E-state index contributed by atoms with van der Waals surface area (Å²) in [4.78, 5) is 12.0. The van der Waals surface area contributed by atoms with Gasteiger partial charge in [-0.05, 0) is 109 Å². The predicted octanol–water partition coefficient (Wildman–Crippen LogP) is 11.0. The van der Waals surface area contributed by atoms with E-state index in [1.807, 2.05) is 0 Å². The van der Waals surface area contributed by atoms with E-state index in [1.165, 1.54) is 44.1 Å². The number of hydrogen-bond acceptors (Lipinski definition) is 0. The second-order valence-corrected chi connectivity index (χ2v) is 16.5. The van der Waals surface area contributed by atoms with Gasteiger partial charge in [0.15, 0.2) is 44.1 Å². The first-order valence-corrected chi connectivity index (χ1v) is 18.7. The highest BCUT2D eigenvalue weighted by atomic mass is 32.2. The molecular formula is C42H33S3+3. The molecule has 0 saturated carbocycles. The van der Waals surface area contributed by atoms with Gasteiger partial charge in [0.2, 0.25) is 0 Å². The molecule has 0 nitrogen and oxygen atoms in total. The second kappa shape index (κ2) is 14.1. The van der Waals surface area contributed by atoms with Crippen LogP contribution in [0.15, 0.2) is 244 Å². The largest absolute Gasteiger partial charge is 0.166 e. The van der Waals surface area contributed by atoms with Crippen LogP contribution in [0.5, 0.6) is 0 Å². The first kappa shape index (κ1) is 29.3. The fourth-order valence-electron chi connectivity index (χ4n) is 5.43. The maximum atomic E-state index is 2.35. The Morgan fingerprint density at radius 3 is 0.444 bits per heavy atom. The van der Waals surface area contributed by atoms with E-state index >= 15 is 0 Å². The van der Waals surface area contributed by atoms with Crippen molar-refractivity contribution in [2.75, 3.05) is 0 Å². The summed E-state index contributed by atoms with van der Waals surface area (Å²) in [6, 6.07) is 73.2. The van der Waals surface area contributed by atoms with E-state index in [4.69, 9.17) is 0 Å². The lowest BCUT2D eigenvalue weighted by molar-refractivity contribution is 1.24. The van der Waals surface area contributed by atoms with Gasteiger partial charge in [-0.2, -0.15) is 0 Å². The van der Waals surface area contributed by atoms with Crippen molar-refractivity contribution in [3.8, 4) is 0 Å². The summed E-state index contributed by atoms with van der Waals surface area (Å²) in [6.45, 7) is 0. The van der Waals surface area contributed by atoms with E-state index in [0.29, 0.717) is 0 Å². The minimum absolute atomic E-state index is 0.166. The van der Waals surface area contributed by atoms with Crippen molar-refractivity contribution in [2.45, 2.75) is 44.1 Å². The topological polar surface area (TPSA) is 0 Å². The van der Waals surface area contributed by atoms with E-state index in [0.717, 1.165) is 0 Å². The molecule has 0 aromatic heterocycles. The van der Waals surface area contributed by atoms with Gasteiger partial charge in [0.25, 0.3) is 0 Å². The Morgan fingerprint density at radius 2 is 0.289 bits per heavy atom.